The summed E-state index contributed by atoms with van der Waals surface area (Å²) in [5, 5.41) is 11.1. The molecule has 0 unspecified atom stereocenters. The Hall–Kier alpha value is -1.95. The number of hydrogen-bond acceptors (Lipinski definition) is 4. The average Bonchev–Trinajstić information content (AvgIpc) is 2.92. The largest absolute Gasteiger partial charge is 0.349 e. The summed E-state index contributed by atoms with van der Waals surface area (Å²) in [6.07, 6.45) is 5.30. The van der Waals surface area contributed by atoms with E-state index in [-0.39, 0.29) is 23.0 Å². The molecular weight excluding hydrogens is 290 g/mol. The number of pyridine rings is 1. The third-order valence-corrected chi connectivity index (χ3v) is 5.21. The maximum atomic E-state index is 12.7. The highest BCUT2D eigenvalue weighted by Gasteiger charge is 2.43. The second-order valence-corrected chi connectivity index (χ2v) is 7.75. The van der Waals surface area contributed by atoms with Crippen molar-refractivity contribution in [3.63, 3.8) is 0 Å². The summed E-state index contributed by atoms with van der Waals surface area (Å²) in [5.41, 5.74) is 1.25. The molecule has 23 heavy (non-hydrogen) atoms. The molecule has 1 aliphatic heterocycles. The Balaban J connectivity index is 1.82. The van der Waals surface area contributed by atoms with Gasteiger partial charge in [-0.25, -0.2) is 0 Å². The first-order chi connectivity index (χ1) is 10.7. The zero-order valence-electron chi connectivity index (χ0n) is 14.5. The second kappa shape index (κ2) is 5.30. The maximum Gasteiger partial charge on any atom is 0.255 e. The first kappa shape index (κ1) is 15.9. The SMILES string of the molecule is CN1C(C)(C)CC(NC(=O)c2cccn3cnnc23)CC1(C)C. The average molecular weight is 315 g/mol. The van der Waals surface area contributed by atoms with Gasteiger partial charge in [0.1, 0.15) is 6.33 Å². The van der Waals surface area contributed by atoms with E-state index in [4.69, 9.17) is 0 Å². The maximum absolute atomic E-state index is 12.7. The number of piperidine rings is 1. The van der Waals surface area contributed by atoms with Gasteiger partial charge >= 0.3 is 0 Å². The van der Waals surface area contributed by atoms with Gasteiger partial charge in [-0.05, 0) is 59.7 Å². The standard InChI is InChI=1S/C17H25N5O/c1-16(2)9-12(10-17(3,4)21(16)5)19-15(23)13-7-6-8-22-11-18-20-14(13)22/h6-8,11-12H,9-10H2,1-5H3,(H,19,23). The van der Waals surface area contributed by atoms with Crippen LogP contribution in [-0.4, -0.2) is 49.6 Å². The molecule has 2 aromatic rings. The number of nitrogens with one attached hydrogen (secondary N) is 1. The normalized spacial score (nSPS) is 21.4. The van der Waals surface area contributed by atoms with Gasteiger partial charge in [-0.15, -0.1) is 10.2 Å². The van der Waals surface area contributed by atoms with E-state index in [1.165, 1.54) is 0 Å². The first-order valence-corrected chi connectivity index (χ1v) is 8.04. The molecule has 6 heteroatoms. The molecule has 1 saturated heterocycles. The molecule has 0 saturated carbocycles. The molecule has 1 aliphatic rings. The van der Waals surface area contributed by atoms with Crippen LogP contribution in [0, 0.1) is 0 Å². The van der Waals surface area contributed by atoms with Gasteiger partial charge in [-0.1, -0.05) is 0 Å². The fraction of sp³-hybridized carbons (Fsp3) is 0.588. The Morgan fingerprint density at radius 1 is 1.26 bits per heavy atom. The lowest BCUT2D eigenvalue weighted by Crippen LogP contribution is -2.62. The van der Waals surface area contributed by atoms with Crippen molar-refractivity contribution in [2.24, 2.45) is 0 Å². The Kier molecular flexibility index (Phi) is 3.67. The minimum atomic E-state index is -0.0789. The lowest BCUT2D eigenvalue weighted by Gasteiger charge is -2.53. The van der Waals surface area contributed by atoms with E-state index < -0.39 is 0 Å². The van der Waals surface area contributed by atoms with Gasteiger partial charge in [0, 0.05) is 23.3 Å². The van der Waals surface area contributed by atoms with Crippen LogP contribution in [0.15, 0.2) is 24.7 Å². The summed E-state index contributed by atoms with van der Waals surface area (Å²) in [6.45, 7) is 8.91. The number of nitrogens with zero attached hydrogens (tertiary/aromatic N) is 4. The number of fused-ring (bicyclic) bond motifs is 1. The minimum absolute atomic E-state index is 0.0422. The molecule has 0 radical (unpaired) electrons. The summed E-state index contributed by atoms with van der Waals surface area (Å²) >= 11 is 0. The van der Waals surface area contributed by atoms with Crippen LogP contribution in [0.25, 0.3) is 5.65 Å². The number of carbonyl (C=O) groups excluding carboxylic acids is 1. The van der Waals surface area contributed by atoms with Crippen molar-refractivity contribution >= 4 is 11.6 Å². The highest BCUT2D eigenvalue weighted by atomic mass is 16.1. The van der Waals surface area contributed by atoms with E-state index >= 15 is 0 Å². The Bertz CT molecular complexity index is 715. The van der Waals surface area contributed by atoms with Crippen LogP contribution in [-0.2, 0) is 0 Å². The number of aromatic nitrogens is 3. The number of amides is 1. The molecule has 6 nitrogen and oxygen atoms in total. The molecule has 2 aromatic heterocycles. The highest BCUT2D eigenvalue weighted by Crippen LogP contribution is 2.36. The molecule has 0 atom stereocenters. The number of hydrogen-bond donors (Lipinski definition) is 1. The Morgan fingerprint density at radius 3 is 2.57 bits per heavy atom. The van der Waals surface area contributed by atoms with Crippen LogP contribution in [0.4, 0.5) is 0 Å². The fourth-order valence-corrected chi connectivity index (χ4v) is 3.76. The van der Waals surface area contributed by atoms with Gasteiger partial charge in [-0.3, -0.25) is 14.1 Å². The minimum Gasteiger partial charge on any atom is -0.349 e. The number of rotatable bonds is 2. The van der Waals surface area contributed by atoms with Crippen LogP contribution in [0.3, 0.4) is 0 Å². The molecule has 124 valence electrons. The predicted molar refractivity (Wildman–Crippen MR) is 89.4 cm³/mol. The number of likely N-dealkylation sites (tertiary alicyclic amines) is 1. The smallest absolute Gasteiger partial charge is 0.255 e. The van der Waals surface area contributed by atoms with Crippen molar-refractivity contribution in [1.29, 1.82) is 0 Å². The summed E-state index contributed by atoms with van der Waals surface area (Å²) in [7, 11) is 2.16. The van der Waals surface area contributed by atoms with Gasteiger partial charge in [0.05, 0.1) is 5.56 Å². The zero-order chi connectivity index (χ0) is 16.8. The predicted octanol–water partition coefficient (Wildman–Crippen LogP) is 2.11. The summed E-state index contributed by atoms with van der Waals surface area (Å²) in [4.78, 5) is 15.1. The van der Waals surface area contributed by atoms with E-state index in [0.717, 1.165) is 12.8 Å². The molecular formula is C17H25N5O. The van der Waals surface area contributed by atoms with Gasteiger partial charge < -0.3 is 5.32 Å². The highest BCUT2D eigenvalue weighted by molar-refractivity contribution is 5.99. The van der Waals surface area contributed by atoms with E-state index in [9.17, 15) is 4.79 Å². The van der Waals surface area contributed by atoms with Crippen LogP contribution >= 0.6 is 0 Å². The lowest BCUT2D eigenvalue weighted by atomic mass is 9.77. The van der Waals surface area contributed by atoms with Gasteiger partial charge in [0.15, 0.2) is 5.65 Å². The second-order valence-electron chi connectivity index (χ2n) is 7.75. The van der Waals surface area contributed by atoms with Crippen LogP contribution < -0.4 is 5.32 Å². The molecule has 3 heterocycles. The molecule has 1 fully saturated rings. The summed E-state index contributed by atoms with van der Waals surface area (Å²) < 4.78 is 1.76. The van der Waals surface area contributed by atoms with Crippen molar-refractivity contribution in [2.45, 2.75) is 57.7 Å². The van der Waals surface area contributed by atoms with Gasteiger partial charge in [0.25, 0.3) is 5.91 Å². The first-order valence-electron chi connectivity index (χ1n) is 8.04. The van der Waals surface area contributed by atoms with Crippen molar-refractivity contribution in [3.05, 3.63) is 30.2 Å². The summed E-state index contributed by atoms with van der Waals surface area (Å²) in [5.74, 6) is -0.0789. The van der Waals surface area contributed by atoms with Gasteiger partial charge in [0.2, 0.25) is 0 Å². The molecule has 0 aromatic carbocycles. The van der Waals surface area contributed by atoms with Crippen LogP contribution in [0.1, 0.15) is 50.9 Å². The summed E-state index contributed by atoms with van der Waals surface area (Å²) in [6, 6.07) is 3.78. The van der Waals surface area contributed by atoms with Crippen molar-refractivity contribution in [3.8, 4) is 0 Å². The lowest BCUT2D eigenvalue weighted by molar-refractivity contribution is -0.0169. The number of carbonyl (C=O) groups is 1. The van der Waals surface area contributed by atoms with E-state index in [2.05, 4.69) is 55.2 Å². The quantitative estimate of drug-likeness (QED) is 0.922. The molecule has 3 rings (SSSR count). The van der Waals surface area contributed by atoms with E-state index in [1.807, 2.05) is 12.3 Å². The molecule has 1 N–H and O–H groups in total. The van der Waals surface area contributed by atoms with Crippen LogP contribution in [0.2, 0.25) is 0 Å². The van der Waals surface area contributed by atoms with Gasteiger partial charge in [-0.2, -0.15) is 0 Å². The zero-order valence-corrected chi connectivity index (χ0v) is 14.5. The molecule has 0 bridgehead atoms. The van der Waals surface area contributed by atoms with E-state index in [0.29, 0.717) is 11.2 Å². The van der Waals surface area contributed by atoms with Crippen molar-refractivity contribution in [2.75, 3.05) is 7.05 Å². The molecule has 0 spiro atoms. The van der Waals surface area contributed by atoms with E-state index in [1.54, 1.807) is 16.8 Å². The van der Waals surface area contributed by atoms with Crippen molar-refractivity contribution < 1.29 is 4.79 Å². The fourth-order valence-electron chi connectivity index (χ4n) is 3.76. The monoisotopic (exact) mass is 315 g/mol. The Labute approximate surface area is 136 Å². The molecule has 0 aliphatic carbocycles. The third-order valence-electron chi connectivity index (χ3n) is 5.21. The Morgan fingerprint density at radius 2 is 1.91 bits per heavy atom. The molecule has 1 amide bonds. The van der Waals surface area contributed by atoms with Crippen molar-refractivity contribution in [1.82, 2.24) is 24.8 Å². The third kappa shape index (κ3) is 2.83. The van der Waals surface area contributed by atoms with Crippen LogP contribution in [0.5, 0.6) is 0 Å². The topological polar surface area (TPSA) is 62.5 Å².